The quantitative estimate of drug-likeness (QED) is 0.394. The van der Waals surface area contributed by atoms with Gasteiger partial charge in [0.15, 0.2) is 9.84 Å². The van der Waals surface area contributed by atoms with Crippen molar-refractivity contribution >= 4 is 38.2 Å². The number of ether oxygens (including phenoxy) is 1. The first-order valence-electron chi connectivity index (χ1n) is 10.2. The van der Waals surface area contributed by atoms with Crippen molar-refractivity contribution in [2.45, 2.75) is 10.8 Å². The van der Waals surface area contributed by atoms with E-state index in [1.165, 1.54) is 6.26 Å². The first kappa shape index (κ1) is 20.2. The zero-order valence-corrected chi connectivity index (χ0v) is 18.2. The van der Waals surface area contributed by atoms with E-state index >= 15 is 0 Å². The molecular formula is C27H20O4S. The van der Waals surface area contributed by atoms with Gasteiger partial charge in [0.05, 0.1) is 10.8 Å². The molecule has 0 amide bonds. The molecule has 0 saturated carbocycles. The molecule has 0 fully saturated rings. The lowest BCUT2D eigenvalue weighted by atomic mass is 9.82. The Morgan fingerprint density at radius 3 is 2.25 bits per heavy atom. The topological polar surface area (TPSA) is 60.4 Å². The molecule has 1 heterocycles. The van der Waals surface area contributed by atoms with Gasteiger partial charge in [-0.25, -0.2) is 8.42 Å². The summed E-state index contributed by atoms with van der Waals surface area (Å²) < 4.78 is 30.2. The fourth-order valence-electron chi connectivity index (χ4n) is 4.25. The van der Waals surface area contributed by atoms with Crippen LogP contribution in [0, 0.1) is 0 Å². The highest BCUT2D eigenvalue weighted by Crippen LogP contribution is 2.47. The first-order valence-corrected chi connectivity index (χ1v) is 12.1. The molecule has 1 unspecified atom stereocenters. The van der Waals surface area contributed by atoms with E-state index in [2.05, 4.69) is 0 Å². The van der Waals surface area contributed by atoms with Crippen LogP contribution in [-0.2, 0) is 14.6 Å². The van der Waals surface area contributed by atoms with E-state index in [1.54, 1.807) is 24.3 Å². The Kier molecular flexibility index (Phi) is 4.91. The van der Waals surface area contributed by atoms with Gasteiger partial charge < -0.3 is 9.53 Å². The molecule has 158 valence electrons. The van der Waals surface area contributed by atoms with Crippen LogP contribution in [-0.4, -0.2) is 21.0 Å². The maximum Gasteiger partial charge on any atom is 0.175 e. The zero-order chi connectivity index (χ0) is 22.3. The Balaban J connectivity index is 1.81. The standard InChI is InChI=1S/C27H20O4S/c1-32(29,30)20-15-13-19(14-16-20)27-26(23-11-6-8-18-7-2-3-9-21(18)23)24(17-28)22-10-4-5-12-25(22)31-27/h2-17,24H,1H3. The highest BCUT2D eigenvalue weighted by Gasteiger charge is 2.32. The third-order valence-corrected chi connectivity index (χ3v) is 6.91. The molecule has 1 atom stereocenters. The molecule has 0 N–H and O–H groups in total. The fraction of sp³-hybridized carbons (Fsp3) is 0.0741. The molecule has 0 saturated heterocycles. The number of carbonyl (C=O) groups excluding carboxylic acids is 1. The van der Waals surface area contributed by atoms with Gasteiger partial charge in [-0.1, -0.05) is 60.7 Å². The van der Waals surface area contributed by atoms with Crippen molar-refractivity contribution in [2.75, 3.05) is 6.26 Å². The molecule has 1 aliphatic rings. The largest absolute Gasteiger partial charge is 0.456 e. The summed E-state index contributed by atoms with van der Waals surface area (Å²) in [7, 11) is -3.32. The number of aldehydes is 1. The lowest BCUT2D eigenvalue weighted by Crippen LogP contribution is -2.16. The summed E-state index contributed by atoms with van der Waals surface area (Å²) in [4.78, 5) is 12.7. The molecule has 0 radical (unpaired) electrons. The van der Waals surface area contributed by atoms with Crippen LogP contribution in [0.5, 0.6) is 5.75 Å². The molecule has 32 heavy (non-hydrogen) atoms. The number of para-hydroxylation sites is 1. The van der Waals surface area contributed by atoms with Crippen LogP contribution in [0.15, 0.2) is 95.9 Å². The zero-order valence-electron chi connectivity index (χ0n) is 17.4. The number of sulfone groups is 1. The number of fused-ring (bicyclic) bond motifs is 2. The number of hydrogen-bond acceptors (Lipinski definition) is 4. The summed E-state index contributed by atoms with van der Waals surface area (Å²) in [6, 6.07) is 28.1. The second-order valence-electron chi connectivity index (χ2n) is 7.82. The molecule has 4 aromatic carbocycles. The van der Waals surface area contributed by atoms with Crippen molar-refractivity contribution in [3.05, 3.63) is 108 Å². The highest BCUT2D eigenvalue weighted by atomic mass is 32.2. The van der Waals surface area contributed by atoms with Gasteiger partial charge in [-0.05, 0) is 46.7 Å². The van der Waals surface area contributed by atoms with E-state index in [4.69, 9.17) is 4.74 Å². The molecule has 1 aliphatic heterocycles. The second kappa shape index (κ2) is 7.77. The average molecular weight is 441 g/mol. The number of carbonyl (C=O) groups is 1. The first-order chi connectivity index (χ1) is 15.5. The smallest absolute Gasteiger partial charge is 0.175 e. The summed E-state index contributed by atoms with van der Waals surface area (Å²) in [5, 5.41) is 2.08. The Morgan fingerprint density at radius 1 is 0.812 bits per heavy atom. The predicted molar refractivity (Wildman–Crippen MR) is 126 cm³/mol. The maximum absolute atomic E-state index is 12.4. The molecule has 4 aromatic rings. The second-order valence-corrected chi connectivity index (χ2v) is 9.84. The predicted octanol–water partition coefficient (Wildman–Crippen LogP) is 5.49. The normalized spacial score (nSPS) is 15.8. The minimum absolute atomic E-state index is 0.233. The molecule has 5 heteroatoms. The van der Waals surface area contributed by atoms with Crippen LogP contribution in [0.1, 0.15) is 22.6 Å². The van der Waals surface area contributed by atoms with E-state index in [9.17, 15) is 13.2 Å². The van der Waals surface area contributed by atoms with Crippen LogP contribution in [0.25, 0.3) is 22.1 Å². The lowest BCUT2D eigenvalue weighted by molar-refractivity contribution is -0.108. The number of allylic oxidation sites excluding steroid dienone is 1. The van der Waals surface area contributed by atoms with E-state index in [-0.39, 0.29) is 4.90 Å². The monoisotopic (exact) mass is 440 g/mol. The number of benzene rings is 4. The van der Waals surface area contributed by atoms with Crippen LogP contribution in [0.4, 0.5) is 0 Å². The summed E-state index contributed by atoms with van der Waals surface area (Å²) in [6.07, 6.45) is 2.13. The van der Waals surface area contributed by atoms with Crippen molar-refractivity contribution in [3.8, 4) is 5.75 Å². The van der Waals surface area contributed by atoms with Crippen LogP contribution in [0.2, 0.25) is 0 Å². The third kappa shape index (κ3) is 3.41. The summed E-state index contributed by atoms with van der Waals surface area (Å²) in [6.45, 7) is 0. The Morgan fingerprint density at radius 2 is 1.50 bits per heavy atom. The molecule has 0 spiro atoms. The maximum atomic E-state index is 12.4. The van der Waals surface area contributed by atoms with Crippen LogP contribution in [0.3, 0.4) is 0 Å². The van der Waals surface area contributed by atoms with E-state index in [0.29, 0.717) is 17.1 Å². The Hall–Kier alpha value is -3.70. The molecule has 0 bridgehead atoms. The van der Waals surface area contributed by atoms with E-state index < -0.39 is 15.8 Å². The van der Waals surface area contributed by atoms with Gasteiger partial charge in [-0.15, -0.1) is 0 Å². The number of hydrogen-bond donors (Lipinski definition) is 0. The number of rotatable bonds is 4. The van der Waals surface area contributed by atoms with Crippen molar-refractivity contribution in [1.82, 2.24) is 0 Å². The van der Waals surface area contributed by atoms with Crippen molar-refractivity contribution in [2.24, 2.45) is 0 Å². The van der Waals surface area contributed by atoms with Crippen LogP contribution < -0.4 is 4.74 Å². The fourth-order valence-corrected chi connectivity index (χ4v) is 4.88. The van der Waals surface area contributed by atoms with Gasteiger partial charge in [-0.3, -0.25) is 0 Å². The van der Waals surface area contributed by atoms with Crippen LogP contribution >= 0.6 is 0 Å². The molecule has 5 rings (SSSR count). The highest BCUT2D eigenvalue weighted by molar-refractivity contribution is 7.90. The summed E-state index contributed by atoms with van der Waals surface area (Å²) >= 11 is 0. The van der Waals surface area contributed by atoms with Gasteiger partial charge in [0, 0.05) is 23.0 Å². The Labute approximate surface area is 186 Å². The van der Waals surface area contributed by atoms with E-state index in [0.717, 1.165) is 33.8 Å². The minimum atomic E-state index is -3.32. The molecule has 4 nitrogen and oxygen atoms in total. The summed E-state index contributed by atoms with van der Waals surface area (Å²) in [5.74, 6) is 0.656. The third-order valence-electron chi connectivity index (χ3n) is 5.78. The SMILES string of the molecule is CS(=O)(=O)c1ccc(C2=C(c3cccc4ccccc34)C(C=O)c3ccccc3O2)cc1. The van der Waals surface area contributed by atoms with Gasteiger partial charge >= 0.3 is 0 Å². The van der Waals surface area contributed by atoms with E-state index in [1.807, 2.05) is 66.7 Å². The molecule has 0 aliphatic carbocycles. The van der Waals surface area contributed by atoms with Crippen molar-refractivity contribution < 1.29 is 17.9 Å². The van der Waals surface area contributed by atoms with Gasteiger partial charge in [0.1, 0.15) is 17.8 Å². The van der Waals surface area contributed by atoms with Gasteiger partial charge in [0.2, 0.25) is 0 Å². The minimum Gasteiger partial charge on any atom is -0.456 e. The summed E-state index contributed by atoms with van der Waals surface area (Å²) in [5.41, 5.74) is 3.20. The van der Waals surface area contributed by atoms with Crippen molar-refractivity contribution in [1.29, 1.82) is 0 Å². The average Bonchev–Trinajstić information content (AvgIpc) is 2.82. The Bertz CT molecular complexity index is 1480. The van der Waals surface area contributed by atoms with Crippen molar-refractivity contribution in [3.63, 3.8) is 0 Å². The molecule has 0 aromatic heterocycles. The lowest BCUT2D eigenvalue weighted by Gasteiger charge is -2.29. The van der Waals surface area contributed by atoms with Gasteiger partial charge in [-0.2, -0.15) is 0 Å². The van der Waals surface area contributed by atoms with Gasteiger partial charge in [0.25, 0.3) is 0 Å². The molecular weight excluding hydrogens is 420 g/mol.